The molecule has 126 valence electrons. The molecular weight excluding hydrogens is 340 g/mol. The highest BCUT2D eigenvalue weighted by atomic mass is 32.2. The van der Waals surface area contributed by atoms with E-state index in [0.29, 0.717) is 18.2 Å². The Kier molecular flexibility index (Phi) is 5.52. The summed E-state index contributed by atoms with van der Waals surface area (Å²) in [6, 6.07) is 9.93. The summed E-state index contributed by atoms with van der Waals surface area (Å²) in [4.78, 5) is 14.2. The zero-order valence-corrected chi connectivity index (χ0v) is 15.1. The number of nitrogens with one attached hydrogen (secondary N) is 1. The smallest absolute Gasteiger partial charge is 0.251 e. The van der Waals surface area contributed by atoms with Gasteiger partial charge in [-0.3, -0.25) is 14.4 Å². The lowest BCUT2D eigenvalue weighted by Gasteiger charge is -2.15. The van der Waals surface area contributed by atoms with Crippen molar-refractivity contribution in [3.63, 3.8) is 0 Å². The highest BCUT2D eigenvalue weighted by Crippen LogP contribution is 2.16. The highest BCUT2D eigenvalue weighted by molar-refractivity contribution is 7.98. The third-order valence-electron chi connectivity index (χ3n) is 3.95. The van der Waals surface area contributed by atoms with E-state index >= 15 is 0 Å². The maximum Gasteiger partial charge on any atom is 0.251 e. The molecule has 7 heteroatoms. The van der Waals surface area contributed by atoms with Crippen LogP contribution in [0.2, 0.25) is 0 Å². The molecule has 1 saturated heterocycles. The molecule has 1 amide bonds. The van der Waals surface area contributed by atoms with Gasteiger partial charge in [-0.05, 0) is 47.8 Å². The number of rotatable bonds is 7. The summed E-state index contributed by atoms with van der Waals surface area (Å²) >= 11 is 7.08. The molecule has 0 saturated carbocycles. The normalized spacial score (nSPS) is 17.4. The van der Waals surface area contributed by atoms with E-state index in [0.717, 1.165) is 23.3 Å². The minimum atomic E-state index is -0.183. The Morgan fingerprint density at radius 2 is 2.08 bits per heavy atom. The van der Waals surface area contributed by atoms with Crippen molar-refractivity contribution >= 4 is 35.0 Å². The SMILES string of the molecule is CSCCC1NC(=S)N(Cc2cccc(Cn3cccn3)c2)C1=O. The van der Waals surface area contributed by atoms with Gasteiger partial charge in [0.05, 0.1) is 13.1 Å². The predicted octanol–water partition coefficient (Wildman–Crippen LogP) is 2.27. The van der Waals surface area contributed by atoms with Gasteiger partial charge in [0.2, 0.25) is 0 Å². The van der Waals surface area contributed by atoms with Crippen LogP contribution in [0.5, 0.6) is 0 Å². The van der Waals surface area contributed by atoms with Gasteiger partial charge in [0.25, 0.3) is 5.91 Å². The van der Waals surface area contributed by atoms with Crippen LogP contribution in [0.4, 0.5) is 0 Å². The fraction of sp³-hybridized carbons (Fsp3) is 0.353. The summed E-state index contributed by atoms with van der Waals surface area (Å²) in [6.07, 6.45) is 6.55. The molecule has 0 bridgehead atoms. The van der Waals surface area contributed by atoms with Crippen molar-refractivity contribution in [1.29, 1.82) is 0 Å². The zero-order valence-electron chi connectivity index (χ0n) is 13.5. The van der Waals surface area contributed by atoms with E-state index in [2.05, 4.69) is 22.5 Å². The first-order valence-electron chi connectivity index (χ1n) is 7.83. The molecule has 2 heterocycles. The van der Waals surface area contributed by atoms with Crippen LogP contribution in [0.15, 0.2) is 42.7 Å². The van der Waals surface area contributed by atoms with E-state index < -0.39 is 0 Å². The second kappa shape index (κ2) is 7.81. The molecule has 3 rings (SSSR count). The first-order valence-corrected chi connectivity index (χ1v) is 9.63. The molecule has 0 aliphatic carbocycles. The highest BCUT2D eigenvalue weighted by Gasteiger charge is 2.34. The number of aromatic nitrogens is 2. The Hall–Kier alpha value is -1.86. The third-order valence-corrected chi connectivity index (χ3v) is 4.94. The lowest BCUT2D eigenvalue weighted by molar-refractivity contribution is -0.127. The van der Waals surface area contributed by atoms with Gasteiger partial charge in [0, 0.05) is 12.4 Å². The molecule has 1 N–H and O–H groups in total. The fourth-order valence-corrected chi connectivity index (χ4v) is 3.52. The van der Waals surface area contributed by atoms with Crippen molar-refractivity contribution in [2.75, 3.05) is 12.0 Å². The molecule has 0 radical (unpaired) electrons. The van der Waals surface area contributed by atoms with Gasteiger partial charge < -0.3 is 5.32 Å². The number of benzene rings is 1. The Labute approximate surface area is 151 Å². The number of hydrogen-bond acceptors (Lipinski definition) is 4. The van der Waals surface area contributed by atoms with Crippen molar-refractivity contribution in [2.24, 2.45) is 0 Å². The average Bonchev–Trinajstić information content (AvgIpc) is 3.17. The Balaban J connectivity index is 1.67. The summed E-state index contributed by atoms with van der Waals surface area (Å²) in [5, 5.41) is 7.90. The molecule has 1 aliphatic rings. The molecular formula is C17H20N4OS2. The van der Waals surface area contributed by atoms with Gasteiger partial charge in [0.1, 0.15) is 6.04 Å². The number of carbonyl (C=O) groups is 1. The van der Waals surface area contributed by atoms with Gasteiger partial charge >= 0.3 is 0 Å². The van der Waals surface area contributed by atoms with E-state index in [-0.39, 0.29) is 11.9 Å². The second-order valence-corrected chi connectivity index (χ2v) is 7.10. The lowest BCUT2D eigenvalue weighted by atomic mass is 10.1. The lowest BCUT2D eigenvalue weighted by Crippen LogP contribution is -2.31. The van der Waals surface area contributed by atoms with Crippen molar-refractivity contribution in [2.45, 2.75) is 25.6 Å². The van der Waals surface area contributed by atoms with Gasteiger partial charge in [0.15, 0.2) is 5.11 Å². The minimum Gasteiger partial charge on any atom is -0.350 e. The predicted molar refractivity (Wildman–Crippen MR) is 101 cm³/mol. The first kappa shape index (κ1) is 17.0. The van der Waals surface area contributed by atoms with Crippen LogP contribution < -0.4 is 5.32 Å². The minimum absolute atomic E-state index is 0.0755. The molecule has 5 nitrogen and oxygen atoms in total. The van der Waals surface area contributed by atoms with Crippen LogP contribution in [-0.2, 0) is 17.9 Å². The number of amides is 1. The van der Waals surface area contributed by atoms with Crippen LogP contribution in [0, 0.1) is 0 Å². The Morgan fingerprint density at radius 1 is 1.29 bits per heavy atom. The van der Waals surface area contributed by atoms with Crippen LogP contribution >= 0.6 is 24.0 Å². The Morgan fingerprint density at radius 3 is 2.79 bits per heavy atom. The molecule has 1 aromatic carbocycles. The number of thioether (sulfide) groups is 1. The number of carbonyl (C=O) groups excluding carboxylic acids is 1. The maximum atomic E-state index is 12.5. The largest absolute Gasteiger partial charge is 0.350 e. The fourth-order valence-electron chi connectivity index (χ4n) is 2.75. The van der Waals surface area contributed by atoms with Crippen molar-refractivity contribution in [1.82, 2.24) is 20.0 Å². The van der Waals surface area contributed by atoms with Crippen molar-refractivity contribution < 1.29 is 4.79 Å². The molecule has 2 aromatic rings. The third kappa shape index (κ3) is 3.96. The van der Waals surface area contributed by atoms with E-state index in [1.165, 1.54) is 0 Å². The van der Waals surface area contributed by atoms with E-state index in [4.69, 9.17) is 12.2 Å². The van der Waals surface area contributed by atoms with Crippen LogP contribution in [-0.4, -0.2) is 43.8 Å². The van der Waals surface area contributed by atoms with E-state index in [9.17, 15) is 4.79 Å². The molecule has 0 spiro atoms. The molecule has 24 heavy (non-hydrogen) atoms. The number of hydrogen-bond donors (Lipinski definition) is 1. The summed E-state index contributed by atoms with van der Waals surface area (Å²) in [7, 11) is 0. The molecule has 1 aromatic heterocycles. The zero-order chi connectivity index (χ0) is 16.9. The quantitative estimate of drug-likeness (QED) is 0.768. The first-order chi connectivity index (χ1) is 11.7. The number of thiocarbonyl (C=S) groups is 1. The summed E-state index contributed by atoms with van der Waals surface area (Å²) in [5.41, 5.74) is 2.23. The maximum absolute atomic E-state index is 12.5. The van der Waals surface area contributed by atoms with Crippen LogP contribution in [0.3, 0.4) is 0 Å². The molecule has 1 fully saturated rings. The number of nitrogens with zero attached hydrogens (tertiary/aromatic N) is 3. The van der Waals surface area contributed by atoms with Gasteiger partial charge in [-0.1, -0.05) is 24.3 Å². The average molecular weight is 361 g/mol. The van der Waals surface area contributed by atoms with Crippen molar-refractivity contribution in [3.8, 4) is 0 Å². The molecule has 1 unspecified atom stereocenters. The van der Waals surface area contributed by atoms with Crippen molar-refractivity contribution in [3.05, 3.63) is 53.9 Å². The summed E-state index contributed by atoms with van der Waals surface area (Å²) in [5.74, 6) is 1.02. The van der Waals surface area contributed by atoms with Gasteiger partial charge in [-0.25, -0.2) is 0 Å². The summed E-state index contributed by atoms with van der Waals surface area (Å²) in [6.45, 7) is 1.22. The Bertz CT molecular complexity index is 717. The van der Waals surface area contributed by atoms with Crippen LogP contribution in [0.25, 0.3) is 0 Å². The summed E-state index contributed by atoms with van der Waals surface area (Å²) < 4.78 is 1.88. The molecule has 1 aliphatic heterocycles. The molecule has 1 atom stereocenters. The second-order valence-electron chi connectivity index (χ2n) is 5.73. The van der Waals surface area contributed by atoms with E-state index in [1.807, 2.05) is 35.3 Å². The topological polar surface area (TPSA) is 50.2 Å². The van der Waals surface area contributed by atoms with E-state index in [1.54, 1.807) is 22.9 Å². The standard InChI is InChI=1S/C17H20N4OS2/c1-24-9-6-15-16(22)21(17(23)19-15)12-14-5-2-4-13(10-14)11-20-8-3-7-18-20/h2-5,7-8,10,15H,6,9,11-12H2,1H3,(H,19,23). The van der Waals surface area contributed by atoms with Gasteiger partial charge in [-0.15, -0.1) is 0 Å². The monoisotopic (exact) mass is 360 g/mol. The van der Waals surface area contributed by atoms with Gasteiger partial charge in [-0.2, -0.15) is 16.9 Å². The van der Waals surface area contributed by atoms with Crippen LogP contribution in [0.1, 0.15) is 17.5 Å².